The van der Waals surface area contributed by atoms with E-state index < -0.39 is 0 Å². The highest BCUT2D eigenvalue weighted by molar-refractivity contribution is 5.87. The molecule has 0 fully saturated rings. The first kappa shape index (κ1) is 14.0. The van der Waals surface area contributed by atoms with E-state index in [1.807, 2.05) is 0 Å². The first-order valence-corrected chi connectivity index (χ1v) is 6.08. The Labute approximate surface area is 108 Å². The molecule has 0 aliphatic heterocycles. The Balaban J connectivity index is 2.38. The van der Waals surface area contributed by atoms with Gasteiger partial charge in [0.1, 0.15) is 0 Å². The fourth-order valence-electron chi connectivity index (χ4n) is 1.40. The van der Waals surface area contributed by atoms with Crippen LogP contribution < -0.4 is 0 Å². The number of benzene rings is 1. The normalized spacial score (nSPS) is 10.2. The third kappa shape index (κ3) is 5.31. The summed E-state index contributed by atoms with van der Waals surface area (Å²) in [6.45, 7) is 9.41. The van der Waals surface area contributed by atoms with Crippen molar-refractivity contribution in [3.63, 3.8) is 0 Å². The van der Waals surface area contributed by atoms with E-state index >= 15 is 0 Å². The second-order valence-corrected chi connectivity index (χ2v) is 3.91. The van der Waals surface area contributed by atoms with Gasteiger partial charge in [-0.3, -0.25) is 0 Å². The standard InChI is InChI=1S/C15H17NO2/c1-3-4-5-12-18-15(17)11-8-13-6-9-14(16-2)10-7-13/h6-11H,3-5,12H2,1H3/b11-8+. The lowest BCUT2D eigenvalue weighted by Gasteiger charge is -2.00. The second-order valence-electron chi connectivity index (χ2n) is 3.91. The molecule has 0 unspecified atom stereocenters. The van der Waals surface area contributed by atoms with Crippen LogP contribution in [0.5, 0.6) is 0 Å². The van der Waals surface area contributed by atoms with Crippen LogP contribution in [0.3, 0.4) is 0 Å². The third-order valence-corrected chi connectivity index (χ3v) is 2.43. The van der Waals surface area contributed by atoms with E-state index in [0.29, 0.717) is 12.3 Å². The van der Waals surface area contributed by atoms with Gasteiger partial charge in [-0.05, 0) is 18.1 Å². The first-order chi connectivity index (χ1) is 8.76. The molecule has 0 bridgehead atoms. The van der Waals surface area contributed by atoms with Crippen molar-refractivity contribution in [3.8, 4) is 0 Å². The van der Waals surface area contributed by atoms with Gasteiger partial charge in [0.05, 0.1) is 13.2 Å². The van der Waals surface area contributed by atoms with Gasteiger partial charge in [0, 0.05) is 6.08 Å². The average Bonchev–Trinajstić information content (AvgIpc) is 2.42. The van der Waals surface area contributed by atoms with Crippen molar-refractivity contribution in [2.75, 3.05) is 6.61 Å². The summed E-state index contributed by atoms with van der Waals surface area (Å²) >= 11 is 0. The van der Waals surface area contributed by atoms with Gasteiger partial charge in [-0.2, -0.15) is 0 Å². The van der Waals surface area contributed by atoms with Gasteiger partial charge in [0.15, 0.2) is 5.69 Å². The molecule has 3 nitrogen and oxygen atoms in total. The van der Waals surface area contributed by atoms with Crippen LogP contribution in [0.25, 0.3) is 10.9 Å². The molecule has 0 radical (unpaired) electrons. The largest absolute Gasteiger partial charge is 0.463 e. The third-order valence-electron chi connectivity index (χ3n) is 2.43. The molecule has 0 saturated heterocycles. The highest BCUT2D eigenvalue weighted by atomic mass is 16.5. The smallest absolute Gasteiger partial charge is 0.330 e. The van der Waals surface area contributed by atoms with Crippen LogP contribution in [0.2, 0.25) is 0 Å². The van der Waals surface area contributed by atoms with Crippen LogP contribution in [0.4, 0.5) is 5.69 Å². The topological polar surface area (TPSA) is 30.7 Å². The number of ether oxygens (including phenoxy) is 1. The molecule has 18 heavy (non-hydrogen) atoms. The van der Waals surface area contributed by atoms with Gasteiger partial charge in [0.25, 0.3) is 0 Å². The lowest BCUT2D eigenvalue weighted by molar-refractivity contribution is -0.137. The maximum absolute atomic E-state index is 11.3. The van der Waals surface area contributed by atoms with Crippen LogP contribution in [0.1, 0.15) is 31.7 Å². The zero-order chi connectivity index (χ0) is 13.2. The fourth-order valence-corrected chi connectivity index (χ4v) is 1.40. The van der Waals surface area contributed by atoms with Crippen molar-refractivity contribution in [2.24, 2.45) is 0 Å². The first-order valence-electron chi connectivity index (χ1n) is 6.08. The molecule has 3 heteroatoms. The van der Waals surface area contributed by atoms with Crippen LogP contribution in [-0.2, 0) is 9.53 Å². The Bertz CT molecular complexity index is 441. The highest BCUT2D eigenvalue weighted by Gasteiger charge is 1.96. The predicted molar refractivity (Wildman–Crippen MR) is 72.2 cm³/mol. The molecule has 1 aromatic carbocycles. The molecule has 0 amide bonds. The van der Waals surface area contributed by atoms with Crippen molar-refractivity contribution >= 4 is 17.7 Å². The van der Waals surface area contributed by atoms with Crippen molar-refractivity contribution < 1.29 is 9.53 Å². The molecule has 0 N–H and O–H groups in total. The van der Waals surface area contributed by atoms with E-state index in [-0.39, 0.29) is 5.97 Å². The summed E-state index contributed by atoms with van der Waals surface area (Å²) in [4.78, 5) is 14.6. The summed E-state index contributed by atoms with van der Waals surface area (Å²) in [5, 5.41) is 0. The molecular weight excluding hydrogens is 226 g/mol. The Morgan fingerprint density at radius 3 is 2.67 bits per heavy atom. The number of hydrogen-bond donors (Lipinski definition) is 0. The molecule has 0 spiro atoms. The van der Waals surface area contributed by atoms with Crippen LogP contribution in [0, 0.1) is 6.57 Å². The van der Waals surface area contributed by atoms with Crippen LogP contribution in [-0.4, -0.2) is 12.6 Å². The van der Waals surface area contributed by atoms with E-state index in [2.05, 4.69) is 11.8 Å². The minimum atomic E-state index is -0.319. The van der Waals surface area contributed by atoms with E-state index in [1.54, 1.807) is 30.3 Å². The lowest BCUT2D eigenvalue weighted by Crippen LogP contribution is -2.01. The number of carbonyl (C=O) groups excluding carboxylic acids is 1. The number of esters is 1. The molecule has 0 aliphatic carbocycles. The quantitative estimate of drug-likeness (QED) is 0.327. The summed E-state index contributed by atoms with van der Waals surface area (Å²) in [5.74, 6) is -0.319. The fraction of sp³-hybridized carbons (Fsp3) is 0.333. The number of nitrogens with zero attached hydrogens (tertiary/aromatic N) is 1. The molecule has 1 aromatic rings. The maximum atomic E-state index is 11.3. The van der Waals surface area contributed by atoms with Gasteiger partial charge in [-0.25, -0.2) is 9.64 Å². The Morgan fingerprint density at radius 2 is 2.06 bits per heavy atom. The summed E-state index contributed by atoms with van der Waals surface area (Å²) < 4.78 is 5.04. The molecular formula is C15H17NO2. The zero-order valence-corrected chi connectivity index (χ0v) is 10.6. The zero-order valence-electron chi connectivity index (χ0n) is 10.6. The van der Waals surface area contributed by atoms with Crippen molar-refractivity contribution in [1.82, 2.24) is 0 Å². The average molecular weight is 243 g/mol. The van der Waals surface area contributed by atoms with E-state index in [0.717, 1.165) is 24.8 Å². The molecule has 0 saturated carbocycles. The van der Waals surface area contributed by atoms with Gasteiger partial charge >= 0.3 is 5.97 Å². The SMILES string of the molecule is [C-]#[N+]c1ccc(/C=C/C(=O)OCCCCC)cc1. The van der Waals surface area contributed by atoms with E-state index in [9.17, 15) is 4.79 Å². The predicted octanol–water partition coefficient (Wildman–Crippen LogP) is 3.98. The molecule has 94 valence electrons. The molecule has 0 aromatic heterocycles. The van der Waals surface area contributed by atoms with Crippen molar-refractivity contribution in [1.29, 1.82) is 0 Å². The van der Waals surface area contributed by atoms with Gasteiger partial charge in [-0.15, -0.1) is 0 Å². The maximum Gasteiger partial charge on any atom is 0.330 e. The number of hydrogen-bond acceptors (Lipinski definition) is 2. The molecule has 0 atom stereocenters. The molecule has 0 heterocycles. The highest BCUT2D eigenvalue weighted by Crippen LogP contribution is 2.13. The Morgan fingerprint density at radius 1 is 1.33 bits per heavy atom. The van der Waals surface area contributed by atoms with Crippen LogP contribution >= 0.6 is 0 Å². The van der Waals surface area contributed by atoms with Gasteiger partial charge in [0.2, 0.25) is 0 Å². The van der Waals surface area contributed by atoms with Crippen molar-refractivity contribution in [2.45, 2.75) is 26.2 Å². The molecule has 0 aliphatic rings. The van der Waals surface area contributed by atoms with E-state index in [4.69, 9.17) is 11.3 Å². The summed E-state index contributed by atoms with van der Waals surface area (Å²) in [6, 6.07) is 7.04. The van der Waals surface area contributed by atoms with Crippen LogP contribution in [0.15, 0.2) is 30.3 Å². The lowest BCUT2D eigenvalue weighted by atomic mass is 10.2. The number of carbonyl (C=O) groups is 1. The Kier molecular flexibility index (Phi) is 6.27. The molecule has 1 rings (SSSR count). The Hall–Kier alpha value is -2.08. The monoisotopic (exact) mass is 243 g/mol. The van der Waals surface area contributed by atoms with Crippen molar-refractivity contribution in [3.05, 3.63) is 47.3 Å². The summed E-state index contributed by atoms with van der Waals surface area (Å²) in [7, 11) is 0. The second kappa shape index (κ2) is 8.08. The minimum absolute atomic E-state index is 0.319. The summed E-state index contributed by atoms with van der Waals surface area (Å²) in [5.41, 5.74) is 1.47. The number of unbranched alkanes of at least 4 members (excludes halogenated alkanes) is 2. The van der Waals surface area contributed by atoms with Gasteiger partial charge < -0.3 is 4.74 Å². The number of rotatable bonds is 6. The minimum Gasteiger partial charge on any atom is -0.463 e. The van der Waals surface area contributed by atoms with E-state index in [1.165, 1.54) is 6.08 Å². The van der Waals surface area contributed by atoms with Gasteiger partial charge in [-0.1, -0.05) is 44.0 Å². The summed E-state index contributed by atoms with van der Waals surface area (Å²) in [6.07, 6.45) is 6.21.